The van der Waals surface area contributed by atoms with Crippen molar-refractivity contribution in [2.24, 2.45) is 0 Å². The van der Waals surface area contributed by atoms with Crippen molar-refractivity contribution in [1.82, 2.24) is 4.90 Å². The Morgan fingerprint density at radius 2 is 1.61 bits per heavy atom. The number of carbonyl (C=O) groups is 3. The van der Waals surface area contributed by atoms with E-state index in [0.717, 1.165) is 11.1 Å². The van der Waals surface area contributed by atoms with Crippen molar-refractivity contribution in [2.75, 3.05) is 6.61 Å². The van der Waals surface area contributed by atoms with Crippen molar-refractivity contribution in [3.63, 3.8) is 0 Å². The molecule has 0 unspecified atom stereocenters. The number of rotatable bonds is 8. The van der Waals surface area contributed by atoms with E-state index in [9.17, 15) is 14.4 Å². The van der Waals surface area contributed by atoms with Gasteiger partial charge < -0.3 is 14.1 Å². The first kappa shape index (κ1) is 22.0. The zero-order valence-electron chi connectivity index (χ0n) is 17.8. The van der Waals surface area contributed by atoms with Gasteiger partial charge in [0.2, 0.25) is 5.76 Å². The van der Waals surface area contributed by atoms with Gasteiger partial charge in [-0.1, -0.05) is 54.6 Å². The SMILES string of the molecule is CC(=O)c1ccc(-c2ccc(C(=O)OCC(=O)N(Cc3ccccc3)C(C)C)o2)cc1. The predicted molar refractivity (Wildman–Crippen MR) is 117 cm³/mol. The van der Waals surface area contributed by atoms with Crippen LogP contribution in [0, 0.1) is 0 Å². The van der Waals surface area contributed by atoms with Crippen LogP contribution < -0.4 is 0 Å². The third-order valence-corrected chi connectivity index (χ3v) is 4.85. The van der Waals surface area contributed by atoms with Crippen LogP contribution in [-0.2, 0) is 16.1 Å². The van der Waals surface area contributed by atoms with Crippen molar-refractivity contribution in [3.05, 3.63) is 83.6 Å². The molecular formula is C25H25NO5. The minimum Gasteiger partial charge on any atom is -0.450 e. The van der Waals surface area contributed by atoms with Gasteiger partial charge in [-0.2, -0.15) is 0 Å². The Labute approximate surface area is 181 Å². The largest absolute Gasteiger partial charge is 0.450 e. The standard InChI is InChI=1S/C25H25NO5/c1-17(2)26(15-19-7-5-4-6-8-19)24(28)16-30-25(29)23-14-13-22(31-23)21-11-9-20(10-12-21)18(3)27/h4-14,17H,15-16H2,1-3H3. The van der Waals surface area contributed by atoms with Crippen molar-refractivity contribution in [3.8, 4) is 11.3 Å². The molecule has 0 spiro atoms. The molecule has 0 saturated carbocycles. The van der Waals surface area contributed by atoms with E-state index >= 15 is 0 Å². The van der Waals surface area contributed by atoms with E-state index in [0.29, 0.717) is 17.9 Å². The highest BCUT2D eigenvalue weighted by Crippen LogP contribution is 2.23. The Hall–Kier alpha value is -3.67. The van der Waals surface area contributed by atoms with Crippen LogP contribution in [0.15, 0.2) is 71.1 Å². The number of Topliss-reactive ketones (excluding diaryl/α,β-unsaturated/α-hetero) is 1. The second kappa shape index (κ2) is 9.89. The lowest BCUT2D eigenvalue weighted by molar-refractivity contribution is -0.137. The van der Waals surface area contributed by atoms with Crippen LogP contribution in [0.25, 0.3) is 11.3 Å². The van der Waals surface area contributed by atoms with Gasteiger partial charge in [0, 0.05) is 23.7 Å². The number of furan rings is 1. The molecule has 3 aromatic rings. The quantitative estimate of drug-likeness (QED) is 0.389. The Bertz CT molecular complexity index is 1050. The summed E-state index contributed by atoms with van der Waals surface area (Å²) in [5.74, 6) is -0.524. The molecule has 3 rings (SSSR count). The summed E-state index contributed by atoms with van der Waals surface area (Å²) in [7, 11) is 0. The maximum absolute atomic E-state index is 12.6. The Balaban J connectivity index is 1.61. The van der Waals surface area contributed by atoms with Gasteiger partial charge in [0.05, 0.1) is 0 Å². The molecule has 0 radical (unpaired) electrons. The fourth-order valence-electron chi connectivity index (χ4n) is 3.09. The number of hydrogen-bond donors (Lipinski definition) is 0. The van der Waals surface area contributed by atoms with Crippen LogP contribution in [-0.4, -0.2) is 35.2 Å². The van der Waals surface area contributed by atoms with Gasteiger partial charge in [-0.15, -0.1) is 0 Å². The maximum Gasteiger partial charge on any atom is 0.374 e. The van der Waals surface area contributed by atoms with Crippen LogP contribution in [0.5, 0.6) is 0 Å². The van der Waals surface area contributed by atoms with Crippen LogP contribution in [0.4, 0.5) is 0 Å². The highest BCUT2D eigenvalue weighted by molar-refractivity contribution is 5.94. The highest BCUT2D eigenvalue weighted by atomic mass is 16.5. The number of hydrogen-bond acceptors (Lipinski definition) is 5. The minimum absolute atomic E-state index is 0.0117. The Morgan fingerprint density at radius 3 is 2.23 bits per heavy atom. The molecule has 6 heteroatoms. The van der Waals surface area contributed by atoms with Crippen molar-refractivity contribution in [2.45, 2.75) is 33.4 Å². The van der Waals surface area contributed by atoms with Crippen LogP contribution in [0.2, 0.25) is 0 Å². The number of amides is 1. The summed E-state index contributed by atoms with van der Waals surface area (Å²) in [5.41, 5.74) is 2.33. The molecule has 0 atom stereocenters. The molecule has 0 aliphatic rings. The summed E-state index contributed by atoms with van der Waals surface area (Å²) in [6.45, 7) is 5.40. The molecule has 0 fully saturated rings. The monoisotopic (exact) mass is 419 g/mol. The molecule has 1 amide bonds. The average molecular weight is 419 g/mol. The molecule has 1 aromatic heterocycles. The summed E-state index contributed by atoms with van der Waals surface area (Å²) < 4.78 is 10.8. The van der Waals surface area contributed by atoms with Gasteiger partial charge in [0.1, 0.15) is 5.76 Å². The average Bonchev–Trinajstić information content (AvgIpc) is 3.26. The lowest BCUT2D eigenvalue weighted by Crippen LogP contribution is -2.39. The smallest absolute Gasteiger partial charge is 0.374 e. The van der Waals surface area contributed by atoms with E-state index in [1.807, 2.05) is 44.2 Å². The first-order valence-corrected chi connectivity index (χ1v) is 10.1. The summed E-state index contributed by atoms with van der Waals surface area (Å²) in [4.78, 5) is 38.0. The molecule has 0 bridgehead atoms. The van der Waals surface area contributed by atoms with E-state index in [1.54, 1.807) is 35.2 Å². The number of carbonyl (C=O) groups excluding carboxylic acids is 3. The van der Waals surface area contributed by atoms with E-state index in [-0.39, 0.29) is 30.1 Å². The van der Waals surface area contributed by atoms with Gasteiger partial charge in [-0.05, 0) is 38.5 Å². The topological polar surface area (TPSA) is 76.8 Å². The molecule has 6 nitrogen and oxygen atoms in total. The fraction of sp³-hybridized carbons (Fsp3) is 0.240. The highest BCUT2D eigenvalue weighted by Gasteiger charge is 2.21. The molecule has 1 heterocycles. The van der Waals surface area contributed by atoms with Crippen molar-refractivity contribution in [1.29, 1.82) is 0 Å². The number of ketones is 1. The van der Waals surface area contributed by atoms with Gasteiger partial charge in [-0.25, -0.2) is 4.79 Å². The first-order chi connectivity index (χ1) is 14.8. The molecule has 0 aliphatic heterocycles. The van der Waals surface area contributed by atoms with E-state index in [4.69, 9.17) is 9.15 Å². The second-order valence-electron chi connectivity index (χ2n) is 7.47. The van der Waals surface area contributed by atoms with Gasteiger partial charge in [0.25, 0.3) is 5.91 Å². The number of ether oxygens (including phenoxy) is 1. The zero-order valence-corrected chi connectivity index (χ0v) is 17.8. The number of benzene rings is 2. The van der Waals surface area contributed by atoms with Crippen molar-refractivity contribution < 1.29 is 23.5 Å². The molecule has 2 aromatic carbocycles. The lowest BCUT2D eigenvalue weighted by atomic mass is 10.1. The minimum atomic E-state index is -0.705. The van der Waals surface area contributed by atoms with E-state index in [1.165, 1.54) is 13.0 Å². The lowest BCUT2D eigenvalue weighted by Gasteiger charge is -2.26. The van der Waals surface area contributed by atoms with Crippen LogP contribution in [0.1, 0.15) is 47.2 Å². The molecule has 0 saturated heterocycles. The summed E-state index contributed by atoms with van der Waals surface area (Å²) in [6, 6.07) is 19.7. The zero-order chi connectivity index (χ0) is 22.4. The third kappa shape index (κ3) is 5.69. The molecule has 31 heavy (non-hydrogen) atoms. The predicted octanol–water partition coefficient (Wildman–Crippen LogP) is 4.74. The maximum atomic E-state index is 12.6. The van der Waals surface area contributed by atoms with Crippen LogP contribution >= 0.6 is 0 Å². The van der Waals surface area contributed by atoms with E-state index < -0.39 is 5.97 Å². The molecule has 0 N–H and O–H groups in total. The van der Waals surface area contributed by atoms with Gasteiger partial charge >= 0.3 is 5.97 Å². The normalized spacial score (nSPS) is 10.7. The summed E-state index contributed by atoms with van der Waals surface area (Å²) >= 11 is 0. The Kier molecular flexibility index (Phi) is 7.03. The first-order valence-electron chi connectivity index (χ1n) is 10.1. The fourth-order valence-corrected chi connectivity index (χ4v) is 3.09. The summed E-state index contributed by atoms with van der Waals surface area (Å²) in [6.07, 6.45) is 0. The Morgan fingerprint density at radius 1 is 0.935 bits per heavy atom. The number of esters is 1. The molecule has 0 aliphatic carbocycles. The van der Waals surface area contributed by atoms with Gasteiger partial charge in [0.15, 0.2) is 12.4 Å². The van der Waals surface area contributed by atoms with Crippen molar-refractivity contribution >= 4 is 17.7 Å². The van der Waals surface area contributed by atoms with E-state index in [2.05, 4.69) is 0 Å². The van der Waals surface area contributed by atoms with Gasteiger partial charge in [-0.3, -0.25) is 9.59 Å². The molecular weight excluding hydrogens is 394 g/mol. The number of nitrogens with zero attached hydrogens (tertiary/aromatic N) is 1. The third-order valence-electron chi connectivity index (χ3n) is 4.85. The molecule has 160 valence electrons. The van der Waals surface area contributed by atoms with Crippen LogP contribution in [0.3, 0.4) is 0 Å². The summed E-state index contributed by atoms with van der Waals surface area (Å²) in [5, 5.41) is 0. The second-order valence-corrected chi connectivity index (χ2v) is 7.47.